The summed E-state index contributed by atoms with van der Waals surface area (Å²) in [5, 5.41) is 2.81. The van der Waals surface area contributed by atoms with E-state index in [4.69, 9.17) is 4.74 Å². The third-order valence-electron chi connectivity index (χ3n) is 6.28. The molecule has 2 atom stereocenters. The summed E-state index contributed by atoms with van der Waals surface area (Å²) in [6, 6.07) is 20.8. The zero-order valence-electron chi connectivity index (χ0n) is 20.5. The maximum absolute atomic E-state index is 13.4. The number of carbonyl (C=O) groups excluding carboxylic acids is 2. The van der Waals surface area contributed by atoms with Gasteiger partial charge in [0.15, 0.2) is 6.10 Å². The molecule has 3 aromatic rings. The molecule has 0 spiro atoms. The molecule has 1 fully saturated rings. The van der Waals surface area contributed by atoms with Crippen LogP contribution in [0.2, 0.25) is 0 Å². The first-order chi connectivity index (χ1) is 17.9. The molecule has 2 heterocycles. The van der Waals surface area contributed by atoms with Gasteiger partial charge in [-0.3, -0.25) is 14.6 Å². The largest absolute Gasteiger partial charge is 0.451 e. The van der Waals surface area contributed by atoms with E-state index in [0.29, 0.717) is 24.8 Å². The Morgan fingerprint density at radius 2 is 1.62 bits per heavy atom. The van der Waals surface area contributed by atoms with E-state index in [2.05, 4.69) is 10.3 Å². The van der Waals surface area contributed by atoms with Crippen LogP contribution in [0.5, 0.6) is 0 Å². The predicted octanol–water partition coefficient (Wildman–Crippen LogP) is 3.24. The van der Waals surface area contributed by atoms with Crippen LogP contribution in [0.15, 0.2) is 85.2 Å². The van der Waals surface area contributed by atoms with Gasteiger partial charge in [-0.15, -0.1) is 0 Å². The molecule has 4 rings (SSSR count). The lowest BCUT2D eigenvalue weighted by Gasteiger charge is -2.34. The molecule has 0 saturated carbocycles. The number of sulfonamides is 1. The average Bonchev–Trinajstić information content (AvgIpc) is 2.93. The molecular weight excluding hydrogens is 490 g/mol. The number of esters is 1. The normalized spacial score (nSPS) is 17.0. The first kappa shape index (κ1) is 26.5. The molecular formula is C28H31N3O5S. The number of rotatable bonds is 10. The van der Waals surface area contributed by atoms with Crippen LogP contribution < -0.4 is 5.32 Å². The molecule has 0 aliphatic carbocycles. The number of ether oxygens (including phenoxy) is 1. The molecule has 8 nitrogen and oxygen atoms in total. The van der Waals surface area contributed by atoms with Gasteiger partial charge in [0.25, 0.3) is 5.91 Å². The van der Waals surface area contributed by atoms with Gasteiger partial charge in [0.05, 0.1) is 5.75 Å². The van der Waals surface area contributed by atoms with Gasteiger partial charge in [-0.05, 0) is 42.0 Å². The number of nitrogens with zero attached hydrogens (tertiary/aromatic N) is 2. The number of nitrogens with one attached hydrogen (secondary N) is 1. The van der Waals surface area contributed by atoms with Crippen molar-refractivity contribution in [1.29, 1.82) is 0 Å². The number of hydrogen-bond donors (Lipinski definition) is 1. The van der Waals surface area contributed by atoms with Crippen molar-refractivity contribution in [2.24, 2.45) is 0 Å². The summed E-state index contributed by atoms with van der Waals surface area (Å²) >= 11 is 0. The van der Waals surface area contributed by atoms with Crippen LogP contribution in [0.25, 0.3) is 0 Å². The van der Waals surface area contributed by atoms with Crippen LogP contribution in [0.3, 0.4) is 0 Å². The zero-order chi connectivity index (χ0) is 26.1. The van der Waals surface area contributed by atoms with Gasteiger partial charge in [0.2, 0.25) is 10.0 Å². The number of hydrogen-bond acceptors (Lipinski definition) is 6. The first-order valence-corrected chi connectivity index (χ1v) is 14.0. The second-order valence-corrected chi connectivity index (χ2v) is 11.0. The fraction of sp³-hybridized carbons (Fsp3) is 0.321. The Balaban J connectivity index is 1.49. The van der Waals surface area contributed by atoms with E-state index in [9.17, 15) is 18.0 Å². The molecule has 0 bridgehead atoms. The molecule has 1 unspecified atom stereocenters. The minimum Gasteiger partial charge on any atom is -0.451 e. The van der Waals surface area contributed by atoms with E-state index >= 15 is 0 Å². The number of carbonyl (C=O) groups is 2. The summed E-state index contributed by atoms with van der Waals surface area (Å²) in [7, 11) is -3.77. The van der Waals surface area contributed by atoms with E-state index < -0.39 is 34.0 Å². The second-order valence-electron chi connectivity index (χ2n) is 9.06. The van der Waals surface area contributed by atoms with Gasteiger partial charge in [0, 0.05) is 31.9 Å². The quantitative estimate of drug-likeness (QED) is 0.411. The van der Waals surface area contributed by atoms with Crippen LogP contribution >= 0.6 is 0 Å². The van der Waals surface area contributed by atoms with E-state index in [1.54, 1.807) is 42.7 Å². The Hall–Kier alpha value is -3.56. The van der Waals surface area contributed by atoms with Crippen molar-refractivity contribution in [2.45, 2.75) is 50.1 Å². The Labute approximate surface area is 217 Å². The van der Waals surface area contributed by atoms with E-state index in [-0.39, 0.29) is 25.3 Å². The molecule has 1 amide bonds. The zero-order valence-corrected chi connectivity index (χ0v) is 21.3. The Morgan fingerprint density at radius 3 is 2.30 bits per heavy atom. The monoisotopic (exact) mass is 521 g/mol. The van der Waals surface area contributed by atoms with Crippen molar-refractivity contribution in [2.75, 3.05) is 6.54 Å². The topological polar surface area (TPSA) is 106 Å². The average molecular weight is 522 g/mol. The van der Waals surface area contributed by atoms with Crippen LogP contribution in [0.4, 0.5) is 0 Å². The SMILES string of the molecule is O=C(O[C@@H](Cc1ccccc1)C(=O)NCc1cccnc1)C1CCCCN1S(=O)(=O)Cc1ccccc1. The van der Waals surface area contributed by atoms with Gasteiger partial charge in [-0.2, -0.15) is 4.31 Å². The van der Waals surface area contributed by atoms with Crippen molar-refractivity contribution in [3.63, 3.8) is 0 Å². The molecule has 2 aromatic carbocycles. The molecule has 194 valence electrons. The van der Waals surface area contributed by atoms with Gasteiger partial charge in [-0.1, -0.05) is 66.7 Å². The van der Waals surface area contributed by atoms with E-state index in [0.717, 1.165) is 11.1 Å². The summed E-state index contributed by atoms with van der Waals surface area (Å²) in [5.41, 5.74) is 2.29. The highest BCUT2D eigenvalue weighted by Crippen LogP contribution is 2.25. The number of piperidine rings is 1. The number of amides is 1. The summed E-state index contributed by atoms with van der Waals surface area (Å²) in [5.74, 6) is -1.35. The Kier molecular flexibility index (Phi) is 9.03. The summed E-state index contributed by atoms with van der Waals surface area (Å²) < 4.78 is 33.5. The molecule has 37 heavy (non-hydrogen) atoms. The van der Waals surface area contributed by atoms with Crippen LogP contribution in [0.1, 0.15) is 36.0 Å². The minimum absolute atomic E-state index is 0.176. The van der Waals surface area contributed by atoms with Crippen molar-refractivity contribution in [1.82, 2.24) is 14.6 Å². The van der Waals surface area contributed by atoms with Gasteiger partial charge >= 0.3 is 5.97 Å². The predicted molar refractivity (Wildman–Crippen MR) is 140 cm³/mol. The second kappa shape index (κ2) is 12.6. The lowest BCUT2D eigenvalue weighted by atomic mass is 10.0. The van der Waals surface area contributed by atoms with Crippen molar-refractivity contribution in [3.8, 4) is 0 Å². The van der Waals surface area contributed by atoms with Crippen molar-refractivity contribution >= 4 is 21.9 Å². The molecule has 1 aliphatic heterocycles. The van der Waals surface area contributed by atoms with Crippen LogP contribution in [-0.2, 0) is 43.1 Å². The molecule has 9 heteroatoms. The maximum Gasteiger partial charge on any atom is 0.325 e. The molecule has 1 aromatic heterocycles. The summed E-state index contributed by atoms with van der Waals surface area (Å²) in [6.07, 6.45) is 4.08. The van der Waals surface area contributed by atoms with Gasteiger partial charge in [-0.25, -0.2) is 8.42 Å². The molecule has 1 aliphatic rings. The third kappa shape index (κ3) is 7.47. The Bertz CT molecular complexity index is 1270. The highest BCUT2D eigenvalue weighted by atomic mass is 32.2. The lowest BCUT2D eigenvalue weighted by molar-refractivity contribution is -0.160. The Morgan fingerprint density at radius 1 is 0.946 bits per heavy atom. The highest BCUT2D eigenvalue weighted by molar-refractivity contribution is 7.88. The molecule has 1 N–H and O–H groups in total. The third-order valence-corrected chi connectivity index (χ3v) is 8.13. The fourth-order valence-electron chi connectivity index (χ4n) is 4.38. The van der Waals surface area contributed by atoms with E-state index in [1.807, 2.05) is 42.5 Å². The minimum atomic E-state index is -3.77. The maximum atomic E-state index is 13.4. The van der Waals surface area contributed by atoms with Crippen molar-refractivity contribution in [3.05, 3.63) is 102 Å². The smallest absolute Gasteiger partial charge is 0.325 e. The standard InChI is InChI=1S/C28H31N3O5S/c32-27(30-20-24-14-9-16-29-19-24)26(18-22-10-3-1-4-11-22)36-28(33)25-15-7-8-17-31(25)37(34,35)21-23-12-5-2-6-13-23/h1-6,9-14,16,19,25-26H,7-8,15,17-18,20-21H2,(H,30,32)/t25?,26-/m0/s1. The first-order valence-electron chi connectivity index (χ1n) is 12.4. The highest BCUT2D eigenvalue weighted by Gasteiger charge is 2.39. The van der Waals surface area contributed by atoms with Gasteiger partial charge in [0.1, 0.15) is 6.04 Å². The lowest BCUT2D eigenvalue weighted by Crippen LogP contribution is -2.51. The number of benzene rings is 2. The molecule has 1 saturated heterocycles. The summed E-state index contributed by atoms with van der Waals surface area (Å²) in [6.45, 7) is 0.474. The van der Waals surface area contributed by atoms with Gasteiger partial charge < -0.3 is 10.1 Å². The van der Waals surface area contributed by atoms with E-state index in [1.165, 1.54) is 4.31 Å². The number of aromatic nitrogens is 1. The molecule has 0 radical (unpaired) electrons. The number of pyridine rings is 1. The fourth-order valence-corrected chi connectivity index (χ4v) is 6.15. The van der Waals surface area contributed by atoms with Crippen LogP contribution in [0, 0.1) is 0 Å². The summed E-state index contributed by atoms with van der Waals surface area (Å²) in [4.78, 5) is 30.5. The van der Waals surface area contributed by atoms with Crippen LogP contribution in [-0.4, -0.2) is 48.3 Å². The van der Waals surface area contributed by atoms with Crippen molar-refractivity contribution < 1.29 is 22.7 Å².